The van der Waals surface area contributed by atoms with E-state index in [0.717, 1.165) is 25.9 Å². The number of primary sulfonamides is 1. The highest BCUT2D eigenvalue weighted by atomic mass is 32.2. The van der Waals surface area contributed by atoms with Crippen LogP contribution < -0.4 is 21.1 Å². The van der Waals surface area contributed by atoms with Gasteiger partial charge in [-0.3, -0.25) is 0 Å². The molecule has 0 bridgehead atoms. The SMILES string of the molecule is Nc1nc(NCCS(N)(=O)=O)nc(N2CCCCC2)n1. The zero-order valence-corrected chi connectivity index (χ0v) is 11.9. The number of aromatic nitrogens is 3. The number of rotatable bonds is 5. The average molecular weight is 301 g/mol. The van der Waals surface area contributed by atoms with Crippen LogP contribution in [0.5, 0.6) is 0 Å². The first-order valence-electron chi connectivity index (χ1n) is 6.45. The standard InChI is InChI=1S/C10H19N7O2S/c11-8-14-9(13-4-7-20(12,18)19)16-10(15-8)17-5-2-1-3-6-17/h1-7H2,(H2,12,18,19)(H3,11,13,14,15,16). The van der Waals surface area contributed by atoms with E-state index in [1.807, 2.05) is 4.90 Å². The van der Waals surface area contributed by atoms with Gasteiger partial charge in [0.25, 0.3) is 0 Å². The van der Waals surface area contributed by atoms with Crippen molar-refractivity contribution in [3.8, 4) is 0 Å². The maximum Gasteiger partial charge on any atom is 0.231 e. The molecular formula is C10H19N7O2S. The van der Waals surface area contributed by atoms with Crippen molar-refractivity contribution in [3.05, 3.63) is 0 Å². The van der Waals surface area contributed by atoms with Crippen molar-refractivity contribution in [1.29, 1.82) is 0 Å². The van der Waals surface area contributed by atoms with Crippen LogP contribution in [0.2, 0.25) is 0 Å². The Hall–Kier alpha value is -1.68. The van der Waals surface area contributed by atoms with Gasteiger partial charge in [0.2, 0.25) is 27.9 Å². The largest absolute Gasteiger partial charge is 0.368 e. The molecule has 9 nitrogen and oxygen atoms in total. The third-order valence-electron chi connectivity index (χ3n) is 2.95. The minimum atomic E-state index is -3.51. The van der Waals surface area contributed by atoms with Gasteiger partial charge in [-0.2, -0.15) is 15.0 Å². The molecule has 0 radical (unpaired) electrons. The summed E-state index contributed by atoms with van der Waals surface area (Å²) in [5.41, 5.74) is 5.65. The number of piperidine rings is 1. The molecule has 0 unspecified atom stereocenters. The quantitative estimate of drug-likeness (QED) is 0.638. The lowest BCUT2D eigenvalue weighted by Crippen LogP contribution is -2.31. The van der Waals surface area contributed by atoms with Crippen LogP contribution in [0.25, 0.3) is 0 Å². The molecule has 0 atom stereocenters. The van der Waals surface area contributed by atoms with Gasteiger partial charge in [-0.05, 0) is 19.3 Å². The van der Waals surface area contributed by atoms with Gasteiger partial charge in [-0.15, -0.1) is 0 Å². The second kappa shape index (κ2) is 6.18. The zero-order chi connectivity index (χ0) is 14.6. The first-order valence-corrected chi connectivity index (χ1v) is 8.16. The third kappa shape index (κ3) is 4.46. The predicted molar refractivity (Wildman–Crippen MR) is 76.8 cm³/mol. The summed E-state index contributed by atoms with van der Waals surface area (Å²) in [6.07, 6.45) is 3.40. The van der Waals surface area contributed by atoms with Gasteiger partial charge in [0.1, 0.15) is 0 Å². The lowest BCUT2D eigenvalue weighted by atomic mass is 10.1. The van der Waals surface area contributed by atoms with Gasteiger partial charge >= 0.3 is 0 Å². The predicted octanol–water partition coefficient (Wildman–Crippen LogP) is -0.855. The molecule has 1 saturated heterocycles. The van der Waals surface area contributed by atoms with E-state index < -0.39 is 10.0 Å². The number of sulfonamides is 1. The molecule has 0 aromatic carbocycles. The normalized spacial score (nSPS) is 16.1. The minimum absolute atomic E-state index is 0.110. The van der Waals surface area contributed by atoms with Crippen LogP contribution >= 0.6 is 0 Å². The Balaban J connectivity index is 2.04. The molecule has 1 fully saturated rings. The summed E-state index contributed by atoms with van der Waals surface area (Å²) in [4.78, 5) is 14.3. The molecule has 0 saturated carbocycles. The average Bonchev–Trinajstić information content (AvgIpc) is 2.37. The van der Waals surface area contributed by atoms with Crippen LogP contribution in [-0.2, 0) is 10.0 Å². The molecule has 20 heavy (non-hydrogen) atoms. The molecule has 5 N–H and O–H groups in total. The van der Waals surface area contributed by atoms with E-state index in [1.54, 1.807) is 0 Å². The molecule has 0 amide bonds. The van der Waals surface area contributed by atoms with E-state index in [9.17, 15) is 8.42 Å². The molecule has 1 aromatic heterocycles. The van der Waals surface area contributed by atoms with E-state index in [-0.39, 0.29) is 24.2 Å². The summed E-state index contributed by atoms with van der Waals surface area (Å²) in [5.74, 6) is 0.702. The molecule has 10 heteroatoms. The summed E-state index contributed by atoms with van der Waals surface area (Å²) in [6.45, 7) is 1.90. The van der Waals surface area contributed by atoms with Crippen LogP contribution in [-0.4, -0.2) is 48.8 Å². The van der Waals surface area contributed by atoms with Gasteiger partial charge < -0.3 is 16.0 Å². The van der Waals surface area contributed by atoms with Gasteiger partial charge in [-0.1, -0.05) is 0 Å². The van der Waals surface area contributed by atoms with Gasteiger partial charge in [0, 0.05) is 19.6 Å². The number of anilines is 3. The number of hydrogen-bond donors (Lipinski definition) is 3. The van der Waals surface area contributed by atoms with E-state index in [0.29, 0.717) is 5.95 Å². The fourth-order valence-corrected chi connectivity index (χ4v) is 2.39. The fourth-order valence-electron chi connectivity index (χ4n) is 2.00. The molecule has 1 aliphatic rings. The minimum Gasteiger partial charge on any atom is -0.368 e. The van der Waals surface area contributed by atoms with Crippen LogP contribution in [0.3, 0.4) is 0 Å². The maximum atomic E-state index is 10.9. The van der Waals surface area contributed by atoms with Crippen LogP contribution in [0.15, 0.2) is 0 Å². The smallest absolute Gasteiger partial charge is 0.231 e. The fraction of sp³-hybridized carbons (Fsp3) is 0.700. The molecule has 2 heterocycles. The second-order valence-corrected chi connectivity index (χ2v) is 6.39. The highest BCUT2D eigenvalue weighted by Gasteiger charge is 2.15. The lowest BCUT2D eigenvalue weighted by Gasteiger charge is -2.26. The molecule has 1 aliphatic heterocycles. The third-order valence-corrected chi connectivity index (χ3v) is 3.72. The van der Waals surface area contributed by atoms with Crippen molar-refractivity contribution in [1.82, 2.24) is 15.0 Å². The van der Waals surface area contributed by atoms with E-state index in [1.165, 1.54) is 6.42 Å². The van der Waals surface area contributed by atoms with Crippen molar-refractivity contribution in [2.24, 2.45) is 5.14 Å². The second-order valence-electron chi connectivity index (χ2n) is 4.66. The zero-order valence-electron chi connectivity index (χ0n) is 11.1. The molecule has 2 rings (SSSR count). The van der Waals surface area contributed by atoms with Crippen molar-refractivity contribution in [2.45, 2.75) is 19.3 Å². The highest BCUT2D eigenvalue weighted by molar-refractivity contribution is 7.89. The van der Waals surface area contributed by atoms with Crippen LogP contribution in [0.4, 0.5) is 17.8 Å². The monoisotopic (exact) mass is 301 g/mol. The van der Waals surface area contributed by atoms with E-state index in [4.69, 9.17) is 10.9 Å². The molecule has 112 valence electrons. The first-order chi connectivity index (χ1) is 9.44. The first kappa shape index (κ1) is 14.7. The van der Waals surface area contributed by atoms with Crippen molar-refractivity contribution in [2.75, 3.05) is 41.3 Å². The summed E-state index contributed by atoms with van der Waals surface area (Å²) in [5, 5.41) is 7.72. The Morgan fingerprint density at radius 3 is 2.50 bits per heavy atom. The molecule has 0 aliphatic carbocycles. The van der Waals surface area contributed by atoms with E-state index >= 15 is 0 Å². The van der Waals surface area contributed by atoms with E-state index in [2.05, 4.69) is 20.3 Å². The maximum absolute atomic E-state index is 10.9. The Morgan fingerprint density at radius 2 is 1.85 bits per heavy atom. The Bertz CT molecular complexity index is 557. The topological polar surface area (TPSA) is 140 Å². The summed E-state index contributed by atoms with van der Waals surface area (Å²) in [6, 6.07) is 0. The number of nitrogens with zero attached hydrogens (tertiary/aromatic N) is 4. The Labute approximate surface area is 117 Å². The van der Waals surface area contributed by atoms with Crippen molar-refractivity contribution in [3.63, 3.8) is 0 Å². The molecular weight excluding hydrogens is 282 g/mol. The number of nitrogen functional groups attached to an aromatic ring is 1. The summed E-state index contributed by atoms with van der Waals surface area (Å²) in [7, 11) is -3.51. The summed E-state index contributed by atoms with van der Waals surface area (Å²) >= 11 is 0. The Kier molecular flexibility index (Phi) is 4.55. The number of nitrogens with one attached hydrogen (secondary N) is 1. The van der Waals surface area contributed by atoms with Crippen molar-refractivity contribution >= 4 is 27.9 Å². The van der Waals surface area contributed by atoms with Gasteiger partial charge in [0.15, 0.2) is 0 Å². The lowest BCUT2D eigenvalue weighted by molar-refractivity contribution is 0.568. The summed E-state index contributed by atoms with van der Waals surface area (Å²) < 4.78 is 21.7. The van der Waals surface area contributed by atoms with Crippen LogP contribution in [0, 0.1) is 0 Å². The Morgan fingerprint density at radius 1 is 1.15 bits per heavy atom. The number of hydrogen-bond acceptors (Lipinski definition) is 8. The highest BCUT2D eigenvalue weighted by Crippen LogP contribution is 2.17. The molecule has 0 spiro atoms. The van der Waals surface area contributed by atoms with Gasteiger partial charge in [0.05, 0.1) is 5.75 Å². The van der Waals surface area contributed by atoms with Gasteiger partial charge in [-0.25, -0.2) is 13.6 Å². The van der Waals surface area contributed by atoms with Crippen molar-refractivity contribution < 1.29 is 8.42 Å². The molecule has 1 aromatic rings. The van der Waals surface area contributed by atoms with Crippen LogP contribution in [0.1, 0.15) is 19.3 Å². The number of nitrogens with two attached hydrogens (primary N) is 2.